The summed E-state index contributed by atoms with van der Waals surface area (Å²) in [6.07, 6.45) is 3.18. The van der Waals surface area contributed by atoms with E-state index in [1.54, 1.807) is 6.92 Å². The normalized spacial score (nSPS) is 12.2. The van der Waals surface area contributed by atoms with Crippen LogP contribution in [0.1, 0.15) is 19.4 Å². The van der Waals surface area contributed by atoms with Crippen LogP contribution in [0.3, 0.4) is 0 Å². The highest BCUT2D eigenvalue weighted by Crippen LogP contribution is 2.21. The Balaban J connectivity index is 2.99. The summed E-state index contributed by atoms with van der Waals surface area (Å²) >= 11 is 6.08. The van der Waals surface area contributed by atoms with Crippen molar-refractivity contribution in [2.45, 2.75) is 13.8 Å². The molecule has 0 spiro atoms. The third-order valence-corrected chi connectivity index (χ3v) is 2.77. The second-order valence-electron chi connectivity index (χ2n) is 3.81. The molecule has 0 N–H and O–H groups in total. The van der Waals surface area contributed by atoms with Gasteiger partial charge in [-0.15, -0.1) is 0 Å². The highest BCUT2D eigenvalue weighted by molar-refractivity contribution is 6.32. The Morgan fingerprint density at radius 3 is 2.63 bits per heavy atom. The SMILES string of the molecule is CCOC(=O)C=C(OC)C(C)=Cc1ccccc1Cl. The summed E-state index contributed by atoms with van der Waals surface area (Å²) in [5.41, 5.74) is 1.66. The molecule has 0 atom stereocenters. The fraction of sp³-hybridized carbons (Fsp3) is 0.267. The maximum Gasteiger partial charge on any atom is 0.334 e. The van der Waals surface area contributed by atoms with Crippen LogP contribution in [-0.4, -0.2) is 19.7 Å². The monoisotopic (exact) mass is 280 g/mol. The Kier molecular flexibility index (Phi) is 6.16. The fourth-order valence-corrected chi connectivity index (χ4v) is 1.71. The van der Waals surface area contributed by atoms with Crippen LogP contribution < -0.4 is 0 Å². The van der Waals surface area contributed by atoms with Gasteiger partial charge in [0.1, 0.15) is 5.76 Å². The molecule has 0 saturated heterocycles. The van der Waals surface area contributed by atoms with E-state index >= 15 is 0 Å². The summed E-state index contributed by atoms with van der Waals surface area (Å²) < 4.78 is 10.0. The Bertz CT molecular complexity index is 504. The molecule has 102 valence electrons. The van der Waals surface area contributed by atoms with Crippen LogP contribution in [0.5, 0.6) is 0 Å². The van der Waals surface area contributed by atoms with E-state index in [0.717, 1.165) is 11.1 Å². The van der Waals surface area contributed by atoms with Gasteiger partial charge in [-0.1, -0.05) is 29.8 Å². The number of benzene rings is 1. The van der Waals surface area contributed by atoms with E-state index in [4.69, 9.17) is 21.1 Å². The van der Waals surface area contributed by atoms with E-state index in [-0.39, 0.29) is 0 Å². The first-order valence-corrected chi connectivity index (χ1v) is 6.32. The number of hydrogen-bond donors (Lipinski definition) is 0. The smallest absolute Gasteiger partial charge is 0.334 e. The topological polar surface area (TPSA) is 35.5 Å². The lowest BCUT2D eigenvalue weighted by Gasteiger charge is -2.07. The van der Waals surface area contributed by atoms with Gasteiger partial charge in [-0.05, 0) is 37.1 Å². The molecular formula is C15H17ClO3. The summed E-state index contributed by atoms with van der Waals surface area (Å²) in [6.45, 7) is 3.93. The predicted octanol–water partition coefficient (Wildman–Crippen LogP) is 3.84. The molecule has 0 aliphatic carbocycles. The lowest BCUT2D eigenvalue weighted by atomic mass is 10.1. The molecule has 0 radical (unpaired) electrons. The molecule has 0 fully saturated rings. The van der Waals surface area contributed by atoms with Gasteiger partial charge in [-0.25, -0.2) is 4.79 Å². The molecule has 1 aromatic carbocycles. The lowest BCUT2D eigenvalue weighted by molar-refractivity contribution is -0.137. The average Bonchev–Trinajstić information content (AvgIpc) is 2.39. The Hall–Kier alpha value is -1.74. The third-order valence-electron chi connectivity index (χ3n) is 2.42. The zero-order valence-electron chi connectivity index (χ0n) is 11.3. The van der Waals surface area contributed by atoms with Crippen LogP contribution >= 0.6 is 11.6 Å². The van der Waals surface area contributed by atoms with Gasteiger partial charge in [-0.2, -0.15) is 0 Å². The highest BCUT2D eigenvalue weighted by Gasteiger charge is 2.06. The van der Waals surface area contributed by atoms with Gasteiger partial charge in [0.15, 0.2) is 0 Å². The molecule has 0 aliphatic rings. The Labute approximate surface area is 118 Å². The van der Waals surface area contributed by atoms with Crippen molar-refractivity contribution in [2.24, 2.45) is 0 Å². The minimum Gasteiger partial charge on any atom is -0.496 e. The number of carbonyl (C=O) groups is 1. The van der Waals surface area contributed by atoms with E-state index in [1.165, 1.54) is 13.2 Å². The number of carbonyl (C=O) groups excluding carboxylic acids is 1. The van der Waals surface area contributed by atoms with E-state index in [2.05, 4.69) is 0 Å². The first-order valence-electron chi connectivity index (χ1n) is 5.94. The van der Waals surface area contributed by atoms with Gasteiger partial charge in [-0.3, -0.25) is 0 Å². The zero-order chi connectivity index (χ0) is 14.3. The number of methoxy groups -OCH3 is 1. The van der Waals surface area contributed by atoms with Gasteiger partial charge < -0.3 is 9.47 Å². The van der Waals surface area contributed by atoms with Crippen molar-refractivity contribution >= 4 is 23.6 Å². The second-order valence-corrected chi connectivity index (χ2v) is 4.22. The van der Waals surface area contributed by atoms with Crippen LogP contribution in [0.25, 0.3) is 6.08 Å². The van der Waals surface area contributed by atoms with Crippen molar-refractivity contribution in [3.05, 3.63) is 52.3 Å². The average molecular weight is 281 g/mol. The van der Waals surface area contributed by atoms with Gasteiger partial charge in [0.2, 0.25) is 0 Å². The molecule has 4 heteroatoms. The number of allylic oxidation sites excluding steroid dienone is 1. The standard InChI is InChI=1S/C15H17ClO3/c1-4-19-15(17)10-14(18-3)11(2)9-12-7-5-6-8-13(12)16/h5-10H,4H2,1-3H3. The van der Waals surface area contributed by atoms with Gasteiger partial charge >= 0.3 is 5.97 Å². The van der Waals surface area contributed by atoms with Crippen molar-refractivity contribution in [3.8, 4) is 0 Å². The Morgan fingerprint density at radius 2 is 2.05 bits per heavy atom. The van der Waals surface area contributed by atoms with Gasteiger partial charge in [0, 0.05) is 5.02 Å². The number of halogens is 1. The molecule has 0 heterocycles. The minimum absolute atomic E-state index is 0.333. The minimum atomic E-state index is -0.425. The van der Waals surface area contributed by atoms with Crippen molar-refractivity contribution in [3.63, 3.8) is 0 Å². The van der Waals surface area contributed by atoms with Crippen molar-refractivity contribution in [2.75, 3.05) is 13.7 Å². The fourth-order valence-electron chi connectivity index (χ4n) is 1.52. The van der Waals surface area contributed by atoms with E-state index < -0.39 is 5.97 Å². The maximum atomic E-state index is 11.4. The number of rotatable bonds is 5. The Morgan fingerprint density at radius 1 is 1.37 bits per heavy atom. The van der Waals surface area contributed by atoms with Gasteiger partial charge in [0.25, 0.3) is 0 Å². The summed E-state index contributed by atoms with van der Waals surface area (Å²) in [5, 5.41) is 0.647. The number of ether oxygens (including phenoxy) is 2. The van der Waals surface area contributed by atoms with Crippen LogP contribution in [0.2, 0.25) is 5.02 Å². The molecule has 19 heavy (non-hydrogen) atoms. The molecule has 3 nitrogen and oxygen atoms in total. The van der Waals surface area contributed by atoms with Crippen molar-refractivity contribution < 1.29 is 14.3 Å². The van der Waals surface area contributed by atoms with Crippen LogP contribution in [-0.2, 0) is 14.3 Å². The van der Waals surface area contributed by atoms with Crippen LogP contribution in [0.15, 0.2) is 41.7 Å². The molecule has 0 aromatic heterocycles. The molecule has 0 bridgehead atoms. The van der Waals surface area contributed by atoms with Crippen LogP contribution in [0, 0.1) is 0 Å². The van der Waals surface area contributed by atoms with E-state index in [0.29, 0.717) is 17.4 Å². The quantitative estimate of drug-likeness (QED) is 0.356. The number of hydrogen-bond acceptors (Lipinski definition) is 3. The third kappa shape index (κ3) is 4.79. The molecule has 0 amide bonds. The summed E-state index contributed by atoms with van der Waals surface area (Å²) in [4.78, 5) is 11.4. The van der Waals surface area contributed by atoms with Crippen LogP contribution in [0.4, 0.5) is 0 Å². The predicted molar refractivity (Wildman–Crippen MR) is 76.8 cm³/mol. The van der Waals surface area contributed by atoms with Crippen molar-refractivity contribution in [1.29, 1.82) is 0 Å². The largest absolute Gasteiger partial charge is 0.496 e. The maximum absolute atomic E-state index is 11.4. The summed E-state index contributed by atoms with van der Waals surface area (Å²) in [6, 6.07) is 7.46. The molecule has 0 unspecified atom stereocenters. The second kappa shape index (κ2) is 7.64. The summed E-state index contributed by atoms with van der Waals surface area (Å²) in [5.74, 6) is 0.0321. The number of esters is 1. The molecule has 0 saturated carbocycles. The summed E-state index contributed by atoms with van der Waals surface area (Å²) in [7, 11) is 1.51. The molecule has 1 rings (SSSR count). The van der Waals surface area contributed by atoms with Crippen molar-refractivity contribution in [1.82, 2.24) is 0 Å². The zero-order valence-corrected chi connectivity index (χ0v) is 12.0. The first kappa shape index (κ1) is 15.3. The molecule has 1 aromatic rings. The first-order chi connectivity index (χ1) is 9.08. The molecular weight excluding hydrogens is 264 g/mol. The van der Waals surface area contributed by atoms with E-state index in [1.807, 2.05) is 37.3 Å². The lowest BCUT2D eigenvalue weighted by Crippen LogP contribution is -2.02. The molecule has 0 aliphatic heterocycles. The van der Waals surface area contributed by atoms with Gasteiger partial charge in [0.05, 0.1) is 19.8 Å². The highest BCUT2D eigenvalue weighted by atomic mass is 35.5. The van der Waals surface area contributed by atoms with E-state index in [9.17, 15) is 4.79 Å².